The number of nitrogens with two attached hydrogens (primary N) is 2. The van der Waals surface area contributed by atoms with Gasteiger partial charge >= 0.3 is 0 Å². The summed E-state index contributed by atoms with van der Waals surface area (Å²) in [5, 5.41) is 6.44. The summed E-state index contributed by atoms with van der Waals surface area (Å²) in [6.45, 7) is 9.11. The minimum Gasteiger partial charge on any atom is -0.347 e. The van der Waals surface area contributed by atoms with Crippen molar-refractivity contribution >= 4 is 23.7 Å². The van der Waals surface area contributed by atoms with E-state index in [0.717, 1.165) is 44.1 Å². The summed E-state index contributed by atoms with van der Waals surface area (Å²) >= 11 is 0. The SMILES string of the molecule is CC(C)CCC(c1ccc(C(=O)NC/C=N/NN)cc1)N1C(=O)C(c2cccc(F)c2)=NC12CCC(C(C)C)CC2.CN. The van der Waals surface area contributed by atoms with Crippen molar-refractivity contribution < 1.29 is 14.0 Å². The summed E-state index contributed by atoms with van der Waals surface area (Å²) in [6.07, 6.45) is 6.68. The minimum absolute atomic E-state index is 0.151. The Morgan fingerprint density at radius 1 is 1.12 bits per heavy atom. The van der Waals surface area contributed by atoms with Gasteiger partial charge in [0.2, 0.25) is 0 Å². The average Bonchev–Trinajstić information content (AvgIpc) is 3.28. The number of amides is 2. The van der Waals surface area contributed by atoms with Crippen LogP contribution in [-0.4, -0.2) is 47.9 Å². The standard InChI is InChI=1S/C32H43FN6O2.CH5N/c1-21(2)8-13-28(24-9-11-25(12-10-24)30(40)35-18-19-36-38-34)39-31(41)29(26-6-5-7-27(33)20-26)37-32(39)16-14-23(15-17-32)22(3)4;1-2/h5-7,9-12,19-23,28,38H,8,13-18,34H2,1-4H3,(H,35,40);2H2,1H3/b36-19+;. The van der Waals surface area contributed by atoms with Gasteiger partial charge in [-0.1, -0.05) is 52.0 Å². The number of hydrogen-bond donors (Lipinski definition) is 4. The first kappa shape index (κ1) is 33.9. The van der Waals surface area contributed by atoms with Crippen molar-refractivity contribution in [2.45, 2.75) is 77.9 Å². The van der Waals surface area contributed by atoms with Crippen LogP contribution in [0, 0.1) is 23.6 Å². The fraction of sp³-hybridized carbons (Fsp3) is 0.515. The first-order valence-corrected chi connectivity index (χ1v) is 15.3. The van der Waals surface area contributed by atoms with Crippen molar-refractivity contribution in [2.24, 2.45) is 39.4 Å². The van der Waals surface area contributed by atoms with Gasteiger partial charge in [0.15, 0.2) is 0 Å². The number of carbonyl (C=O) groups excluding carboxylic acids is 2. The maximum Gasteiger partial charge on any atom is 0.275 e. The Balaban J connectivity index is 0.00000248. The highest BCUT2D eigenvalue weighted by Crippen LogP contribution is 2.48. The third kappa shape index (κ3) is 8.26. The van der Waals surface area contributed by atoms with Crippen LogP contribution in [-0.2, 0) is 4.79 Å². The van der Waals surface area contributed by atoms with Crippen LogP contribution in [0.25, 0.3) is 0 Å². The molecule has 9 nitrogen and oxygen atoms in total. The molecule has 1 spiro atoms. The van der Waals surface area contributed by atoms with E-state index >= 15 is 0 Å². The van der Waals surface area contributed by atoms with Gasteiger partial charge in [-0.05, 0) is 93.2 Å². The number of carbonyl (C=O) groups is 2. The number of nitrogens with one attached hydrogen (secondary N) is 2. The quantitative estimate of drug-likeness (QED) is 0.166. The van der Waals surface area contributed by atoms with Gasteiger partial charge in [0.25, 0.3) is 11.8 Å². The molecule has 1 aliphatic carbocycles. The zero-order chi connectivity index (χ0) is 31.6. The fourth-order valence-electron chi connectivity index (χ4n) is 6.12. The molecule has 2 aromatic carbocycles. The Morgan fingerprint density at radius 3 is 2.37 bits per heavy atom. The highest BCUT2D eigenvalue weighted by atomic mass is 19.1. The molecule has 2 amide bonds. The lowest BCUT2D eigenvalue weighted by molar-refractivity contribution is -0.133. The van der Waals surface area contributed by atoms with Gasteiger partial charge in [0.05, 0.1) is 12.6 Å². The number of hydrazine groups is 1. The molecule has 4 rings (SSSR count). The molecule has 1 atom stereocenters. The predicted molar refractivity (Wildman–Crippen MR) is 171 cm³/mol. The van der Waals surface area contributed by atoms with E-state index in [1.165, 1.54) is 25.4 Å². The van der Waals surface area contributed by atoms with Crippen LogP contribution in [0.4, 0.5) is 4.39 Å². The zero-order valence-electron chi connectivity index (χ0n) is 26.1. The van der Waals surface area contributed by atoms with E-state index in [1.807, 2.05) is 17.0 Å². The van der Waals surface area contributed by atoms with Crippen LogP contribution in [0.2, 0.25) is 0 Å². The number of benzene rings is 2. The van der Waals surface area contributed by atoms with Gasteiger partial charge in [0.1, 0.15) is 17.2 Å². The first-order valence-electron chi connectivity index (χ1n) is 15.3. The molecule has 234 valence electrons. The van der Waals surface area contributed by atoms with E-state index < -0.39 is 5.66 Å². The van der Waals surface area contributed by atoms with E-state index in [2.05, 4.69) is 49.4 Å². The molecular formula is C33H48FN7O2. The summed E-state index contributed by atoms with van der Waals surface area (Å²) in [6, 6.07) is 13.4. The van der Waals surface area contributed by atoms with Crippen LogP contribution in [0.5, 0.6) is 0 Å². The molecule has 43 heavy (non-hydrogen) atoms. The predicted octanol–water partition coefficient (Wildman–Crippen LogP) is 4.93. The number of hydrazone groups is 1. The smallest absolute Gasteiger partial charge is 0.275 e. The van der Waals surface area contributed by atoms with Crippen LogP contribution in [0.3, 0.4) is 0 Å². The van der Waals surface area contributed by atoms with E-state index in [-0.39, 0.29) is 30.2 Å². The van der Waals surface area contributed by atoms with Crippen molar-refractivity contribution in [2.75, 3.05) is 13.6 Å². The molecule has 1 saturated carbocycles. The Morgan fingerprint density at radius 2 is 1.79 bits per heavy atom. The van der Waals surface area contributed by atoms with Crippen LogP contribution in [0.1, 0.15) is 93.7 Å². The van der Waals surface area contributed by atoms with E-state index in [0.29, 0.717) is 34.6 Å². The normalized spacial score (nSPS) is 20.8. The fourth-order valence-corrected chi connectivity index (χ4v) is 6.12. The number of aliphatic imine (C=N–C) groups is 1. The summed E-state index contributed by atoms with van der Waals surface area (Å²) in [5.74, 6) is 5.95. The maximum atomic E-state index is 14.3. The molecule has 0 saturated heterocycles. The topological polar surface area (TPSA) is 138 Å². The maximum absolute atomic E-state index is 14.3. The molecule has 1 unspecified atom stereocenters. The van der Waals surface area contributed by atoms with Crippen molar-refractivity contribution in [1.82, 2.24) is 15.8 Å². The van der Waals surface area contributed by atoms with Gasteiger partial charge in [-0.3, -0.25) is 14.6 Å². The highest BCUT2D eigenvalue weighted by Gasteiger charge is 2.52. The Hall–Kier alpha value is -3.63. The van der Waals surface area contributed by atoms with E-state index in [1.54, 1.807) is 24.3 Å². The largest absolute Gasteiger partial charge is 0.347 e. The highest BCUT2D eigenvalue weighted by molar-refractivity contribution is 6.46. The Kier molecular flexibility index (Phi) is 12.4. The zero-order valence-corrected chi connectivity index (χ0v) is 26.1. The minimum atomic E-state index is -0.668. The van der Waals surface area contributed by atoms with Gasteiger partial charge in [-0.25, -0.2) is 15.8 Å². The van der Waals surface area contributed by atoms with Gasteiger partial charge in [0, 0.05) is 17.3 Å². The van der Waals surface area contributed by atoms with Gasteiger partial charge in [-0.15, -0.1) is 0 Å². The lowest BCUT2D eigenvalue weighted by Crippen LogP contribution is -2.51. The molecule has 2 aromatic rings. The third-order valence-electron chi connectivity index (χ3n) is 8.47. The Bertz CT molecular complexity index is 1270. The molecular weight excluding hydrogens is 545 g/mol. The van der Waals surface area contributed by atoms with Gasteiger partial charge in [-0.2, -0.15) is 5.10 Å². The summed E-state index contributed by atoms with van der Waals surface area (Å²) in [5.41, 5.74) is 8.33. The molecule has 1 fully saturated rings. The van der Waals surface area contributed by atoms with Crippen molar-refractivity contribution in [3.05, 3.63) is 71.0 Å². The third-order valence-corrected chi connectivity index (χ3v) is 8.47. The van der Waals surface area contributed by atoms with Gasteiger partial charge < -0.3 is 16.0 Å². The lowest BCUT2D eigenvalue weighted by atomic mass is 9.75. The molecule has 1 heterocycles. The summed E-state index contributed by atoms with van der Waals surface area (Å²) in [4.78, 5) is 34.1. The van der Waals surface area contributed by atoms with Crippen LogP contribution < -0.4 is 22.4 Å². The molecule has 6 N–H and O–H groups in total. The molecule has 0 bridgehead atoms. The number of rotatable bonds is 11. The second-order valence-electron chi connectivity index (χ2n) is 12.0. The summed E-state index contributed by atoms with van der Waals surface area (Å²) in [7, 11) is 1.50. The lowest BCUT2D eigenvalue weighted by Gasteiger charge is -2.46. The first-order chi connectivity index (χ1) is 20.6. The second kappa shape index (κ2) is 15.7. The number of nitrogens with zero attached hydrogens (tertiary/aromatic N) is 3. The molecule has 0 aromatic heterocycles. The monoisotopic (exact) mass is 593 g/mol. The van der Waals surface area contributed by atoms with Crippen LogP contribution >= 0.6 is 0 Å². The van der Waals surface area contributed by atoms with Crippen LogP contribution in [0.15, 0.2) is 58.6 Å². The number of hydrogen-bond acceptors (Lipinski definition) is 7. The second-order valence-corrected chi connectivity index (χ2v) is 12.0. The Labute approximate surface area is 255 Å². The van der Waals surface area contributed by atoms with E-state index in [4.69, 9.17) is 10.8 Å². The molecule has 2 aliphatic rings. The van der Waals surface area contributed by atoms with Crippen molar-refractivity contribution in [3.8, 4) is 0 Å². The van der Waals surface area contributed by atoms with E-state index in [9.17, 15) is 14.0 Å². The molecule has 0 radical (unpaired) electrons. The summed E-state index contributed by atoms with van der Waals surface area (Å²) < 4.78 is 14.2. The molecule has 1 aliphatic heterocycles. The number of halogens is 1. The molecule has 10 heteroatoms. The van der Waals surface area contributed by atoms with Crippen molar-refractivity contribution in [1.29, 1.82) is 0 Å². The average molecular weight is 594 g/mol. The van der Waals surface area contributed by atoms with Crippen molar-refractivity contribution in [3.63, 3.8) is 0 Å².